The second-order valence-corrected chi connectivity index (χ2v) is 4.82. The molecule has 112 valence electrons. The number of rotatable bonds is 5. The third-order valence-electron chi connectivity index (χ3n) is 3.30. The fraction of sp³-hybridized carbons (Fsp3) is 0.214. The predicted octanol–water partition coefficient (Wildman–Crippen LogP) is 0.941. The lowest BCUT2D eigenvalue weighted by molar-refractivity contribution is -0.124. The average molecular weight is 297 g/mol. The summed E-state index contributed by atoms with van der Waals surface area (Å²) in [7, 11) is 0. The zero-order valence-corrected chi connectivity index (χ0v) is 12.0. The van der Waals surface area contributed by atoms with E-state index >= 15 is 0 Å². The Kier molecular flexibility index (Phi) is 3.90. The highest BCUT2D eigenvalue weighted by molar-refractivity contribution is 5.79. The van der Waals surface area contributed by atoms with Crippen LogP contribution in [-0.2, 0) is 11.3 Å². The van der Waals surface area contributed by atoms with Crippen LogP contribution in [-0.4, -0.2) is 36.3 Å². The SMILES string of the molecule is C[C@H](C(=O)NCc1cccc(-c2nn[nH]n2)c1)n1cccn1. The lowest BCUT2D eigenvalue weighted by Gasteiger charge is -2.12. The molecule has 0 aliphatic rings. The Hall–Kier alpha value is -3.03. The van der Waals surface area contributed by atoms with E-state index in [-0.39, 0.29) is 11.9 Å². The number of tetrazole rings is 1. The number of carbonyl (C=O) groups excluding carboxylic acids is 1. The molecule has 1 atom stereocenters. The summed E-state index contributed by atoms with van der Waals surface area (Å²) < 4.78 is 1.62. The maximum atomic E-state index is 12.1. The van der Waals surface area contributed by atoms with Crippen LogP contribution in [0.25, 0.3) is 11.4 Å². The Balaban J connectivity index is 1.64. The first-order chi connectivity index (χ1) is 10.7. The van der Waals surface area contributed by atoms with Crippen molar-refractivity contribution in [1.82, 2.24) is 35.7 Å². The lowest BCUT2D eigenvalue weighted by atomic mass is 10.1. The molecule has 0 spiro atoms. The van der Waals surface area contributed by atoms with Gasteiger partial charge in [-0.2, -0.15) is 10.3 Å². The quantitative estimate of drug-likeness (QED) is 0.730. The molecule has 0 saturated carbocycles. The van der Waals surface area contributed by atoms with Gasteiger partial charge in [0.2, 0.25) is 11.7 Å². The molecule has 8 nitrogen and oxygen atoms in total. The van der Waals surface area contributed by atoms with E-state index in [1.165, 1.54) is 0 Å². The van der Waals surface area contributed by atoms with Crippen molar-refractivity contribution < 1.29 is 4.79 Å². The summed E-state index contributed by atoms with van der Waals surface area (Å²) in [5.74, 6) is 0.437. The van der Waals surface area contributed by atoms with Crippen LogP contribution in [0.3, 0.4) is 0 Å². The summed E-state index contributed by atoms with van der Waals surface area (Å²) in [5.41, 5.74) is 1.81. The highest BCUT2D eigenvalue weighted by Crippen LogP contribution is 2.15. The molecular weight excluding hydrogens is 282 g/mol. The summed E-state index contributed by atoms with van der Waals surface area (Å²) in [6.07, 6.45) is 3.42. The van der Waals surface area contributed by atoms with Crippen LogP contribution >= 0.6 is 0 Å². The monoisotopic (exact) mass is 297 g/mol. The molecule has 3 rings (SSSR count). The van der Waals surface area contributed by atoms with E-state index in [1.54, 1.807) is 30.1 Å². The van der Waals surface area contributed by atoms with Gasteiger partial charge in [-0.15, -0.1) is 10.2 Å². The lowest BCUT2D eigenvalue weighted by Crippen LogP contribution is -2.30. The van der Waals surface area contributed by atoms with E-state index in [0.29, 0.717) is 12.4 Å². The highest BCUT2D eigenvalue weighted by atomic mass is 16.2. The van der Waals surface area contributed by atoms with Gasteiger partial charge in [-0.25, -0.2) is 0 Å². The molecule has 0 aliphatic carbocycles. The number of aromatic amines is 1. The number of nitrogens with zero attached hydrogens (tertiary/aromatic N) is 5. The van der Waals surface area contributed by atoms with Crippen molar-refractivity contribution in [3.8, 4) is 11.4 Å². The van der Waals surface area contributed by atoms with Gasteiger partial charge in [0, 0.05) is 24.5 Å². The number of carbonyl (C=O) groups is 1. The van der Waals surface area contributed by atoms with Crippen LogP contribution in [0, 0.1) is 0 Å². The highest BCUT2D eigenvalue weighted by Gasteiger charge is 2.14. The number of benzene rings is 1. The minimum atomic E-state index is -0.351. The summed E-state index contributed by atoms with van der Waals surface area (Å²) in [4.78, 5) is 12.1. The fourth-order valence-corrected chi connectivity index (χ4v) is 2.07. The van der Waals surface area contributed by atoms with Crippen LogP contribution < -0.4 is 5.32 Å². The largest absolute Gasteiger partial charge is 0.350 e. The van der Waals surface area contributed by atoms with E-state index in [0.717, 1.165) is 11.1 Å². The molecule has 0 aliphatic heterocycles. The van der Waals surface area contributed by atoms with Gasteiger partial charge in [0.25, 0.3) is 0 Å². The van der Waals surface area contributed by atoms with Gasteiger partial charge in [0.1, 0.15) is 6.04 Å². The molecule has 0 bridgehead atoms. The molecule has 2 aromatic heterocycles. The van der Waals surface area contributed by atoms with E-state index in [9.17, 15) is 4.79 Å². The molecule has 0 saturated heterocycles. The second kappa shape index (κ2) is 6.17. The molecule has 1 aromatic carbocycles. The zero-order chi connectivity index (χ0) is 15.4. The first kappa shape index (κ1) is 13.9. The molecule has 1 amide bonds. The summed E-state index contributed by atoms with van der Waals surface area (Å²) in [6.45, 7) is 2.23. The van der Waals surface area contributed by atoms with Crippen LogP contribution in [0.4, 0.5) is 0 Å². The van der Waals surface area contributed by atoms with Crippen molar-refractivity contribution in [2.24, 2.45) is 0 Å². The standard InChI is InChI=1S/C14H15N7O/c1-10(21-7-3-6-16-21)14(22)15-9-11-4-2-5-12(8-11)13-17-19-20-18-13/h2-8,10H,9H2,1H3,(H,15,22)(H,17,18,19,20)/t10-/m1/s1. The first-order valence-corrected chi connectivity index (χ1v) is 6.83. The van der Waals surface area contributed by atoms with Crippen LogP contribution in [0.1, 0.15) is 18.5 Å². The maximum Gasteiger partial charge on any atom is 0.244 e. The molecule has 0 fully saturated rings. The smallest absolute Gasteiger partial charge is 0.244 e. The van der Waals surface area contributed by atoms with Crippen molar-refractivity contribution in [3.63, 3.8) is 0 Å². The van der Waals surface area contributed by atoms with E-state index in [2.05, 4.69) is 31.0 Å². The number of nitrogens with one attached hydrogen (secondary N) is 2. The molecule has 2 heterocycles. The Morgan fingerprint density at radius 2 is 2.32 bits per heavy atom. The van der Waals surface area contributed by atoms with Gasteiger partial charge in [-0.3, -0.25) is 9.48 Å². The summed E-state index contributed by atoms with van der Waals surface area (Å²) >= 11 is 0. The number of hydrogen-bond donors (Lipinski definition) is 2. The van der Waals surface area contributed by atoms with Gasteiger partial charge >= 0.3 is 0 Å². The Morgan fingerprint density at radius 3 is 3.05 bits per heavy atom. The van der Waals surface area contributed by atoms with Gasteiger partial charge in [-0.05, 0) is 29.8 Å². The van der Waals surface area contributed by atoms with Gasteiger partial charge in [0.05, 0.1) is 0 Å². The summed E-state index contributed by atoms with van der Waals surface area (Å²) in [6, 6.07) is 9.08. The molecular formula is C14H15N7O. The van der Waals surface area contributed by atoms with Crippen LogP contribution in [0.5, 0.6) is 0 Å². The topological polar surface area (TPSA) is 101 Å². The number of amides is 1. The van der Waals surface area contributed by atoms with Crippen molar-refractivity contribution in [1.29, 1.82) is 0 Å². The first-order valence-electron chi connectivity index (χ1n) is 6.83. The van der Waals surface area contributed by atoms with Gasteiger partial charge in [-0.1, -0.05) is 18.2 Å². The average Bonchev–Trinajstić information content (AvgIpc) is 3.24. The van der Waals surface area contributed by atoms with Crippen molar-refractivity contribution >= 4 is 5.91 Å². The number of aromatic nitrogens is 6. The molecule has 8 heteroatoms. The van der Waals surface area contributed by atoms with Crippen molar-refractivity contribution in [3.05, 3.63) is 48.3 Å². The number of hydrogen-bond acceptors (Lipinski definition) is 5. The van der Waals surface area contributed by atoms with Crippen LogP contribution in [0.2, 0.25) is 0 Å². The third-order valence-corrected chi connectivity index (χ3v) is 3.30. The van der Waals surface area contributed by atoms with Crippen LogP contribution in [0.15, 0.2) is 42.7 Å². The molecule has 0 unspecified atom stereocenters. The third kappa shape index (κ3) is 3.00. The predicted molar refractivity (Wildman–Crippen MR) is 78.4 cm³/mol. The molecule has 0 radical (unpaired) electrons. The maximum absolute atomic E-state index is 12.1. The fourth-order valence-electron chi connectivity index (χ4n) is 2.07. The Morgan fingerprint density at radius 1 is 1.41 bits per heavy atom. The minimum Gasteiger partial charge on any atom is -0.350 e. The normalized spacial score (nSPS) is 12.0. The van der Waals surface area contributed by atoms with E-state index in [1.807, 2.05) is 24.3 Å². The van der Waals surface area contributed by atoms with Gasteiger partial charge < -0.3 is 5.32 Å². The van der Waals surface area contributed by atoms with E-state index in [4.69, 9.17) is 0 Å². The molecule has 22 heavy (non-hydrogen) atoms. The second-order valence-electron chi connectivity index (χ2n) is 4.82. The van der Waals surface area contributed by atoms with Crippen molar-refractivity contribution in [2.75, 3.05) is 0 Å². The van der Waals surface area contributed by atoms with E-state index < -0.39 is 0 Å². The summed E-state index contributed by atoms with van der Waals surface area (Å²) in [5, 5.41) is 20.8. The van der Waals surface area contributed by atoms with Crippen molar-refractivity contribution in [2.45, 2.75) is 19.5 Å². The Bertz CT molecular complexity index is 736. The Labute approximate surface area is 126 Å². The number of H-pyrrole nitrogens is 1. The van der Waals surface area contributed by atoms with Gasteiger partial charge in [0.15, 0.2) is 0 Å². The zero-order valence-electron chi connectivity index (χ0n) is 12.0. The minimum absolute atomic E-state index is 0.0892. The molecule has 3 aromatic rings. The molecule has 2 N–H and O–H groups in total.